The molecule has 0 aliphatic heterocycles. The molecule has 0 radical (unpaired) electrons. The maximum absolute atomic E-state index is 13.3. The summed E-state index contributed by atoms with van der Waals surface area (Å²) in [4.78, 5) is 13.8. The molecule has 0 aliphatic rings. The van der Waals surface area contributed by atoms with Gasteiger partial charge in [-0.1, -0.05) is 5.11 Å². The number of alkyl halides is 3. The zero-order valence-corrected chi connectivity index (χ0v) is 10.6. The largest absolute Gasteiger partial charge is 0.416 e. The molecule has 1 aromatic carbocycles. The number of primary amides is 1. The quantitative estimate of drug-likeness (QED) is 0.277. The molecular weight excluding hydrogens is 294 g/mol. The number of nitrogens with two attached hydrogens (primary N) is 1. The molecule has 1 rings (SSSR count). The summed E-state index contributed by atoms with van der Waals surface area (Å²) >= 11 is 0. The zero-order chi connectivity index (χ0) is 16.0. The van der Waals surface area contributed by atoms with Gasteiger partial charge in [0.25, 0.3) is 0 Å². The lowest BCUT2D eigenvalue weighted by Gasteiger charge is -2.17. The van der Waals surface area contributed by atoms with Crippen molar-refractivity contribution in [3.63, 3.8) is 0 Å². The van der Waals surface area contributed by atoms with Crippen molar-refractivity contribution in [2.75, 3.05) is 13.1 Å². The van der Waals surface area contributed by atoms with Crippen LogP contribution < -0.4 is 11.1 Å². The molecule has 0 saturated heterocycles. The molecule has 21 heavy (non-hydrogen) atoms. The third-order valence-corrected chi connectivity index (χ3v) is 2.49. The summed E-state index contributed by atoms with van der Waals surface area (Å²) in [7, 11) is 0. The molecule has 0 fully saturated rings. The summed E-state index contributed by atoms with van der Waals surface area (Å²) in [5.41, 5.74) is 11.7. The second kappa shape index (κ2) is 6.91. The monoisotopic (exact) mass is 305 g/mol. The van der Waals surface area contributed by atoms with Crippen LogP contribution in [0.15, 0.2) is 23.3 Å². The first-order valence-electron chi connectivity index (χ1n) is 5.67. The van der Waals surface area contributed by atoms with E-state index in [0.717, 1.165) is 6.07 Å². The minimum absolute atomic E-state index is 0.00443. The summed E-state index contributed by atoms with van der Waals surface area (Å²) < 4.78 is 51.1. The van der Waals surface area contributed by atoms with E-state index >= 15 is 0 Å². The molecule has 0 heterocycles. The third-order valence-electron chi connectivity index (χ3n) is 2.49. The van der Waals surface area contributed by atoms with Crippen molar-refractivity contribution in [2.45, 2.75) is 12.2 Å². The SMILES string of the molecule is [N-]=[N+]=NCCNC(C(N)=O)c1cc(F)cc(C(F)(F)F)c1. The van der Waals surface area contributed by atoms with E-state index in [1.165, 1.54) is 0 Å². The normalized spacial score (nSPS) is 12.6. The highest BCUT2D eigenvalue weighted by atomic mass is 19.4. The molecule has 1 aromatic rings. The maximum Gasteiger partial charge on any atom is 0.416 e. The molecule has 0 saturated carbocycles. The van der Waals surface area contributed by atoms with Crippen molar-refractivity contribution in [1.82, 2.24) is 5.32 Å². The van der Waals surface area contributed by atoms with Gasteiger partial charge in [0.15, 0.2) is 0 Å². The lowest BCUT2D eigenvalue weighted by molar-refractivity contribution is -0.138. The van der Waals surface area contributed by atoms with Crippen molar-refractivity contribution >= 4 is 5.91 Å². The van der Waals surface area contributed by atoms with Gasteiger partial charge in [-0.05, 0) is 29.3 Å². The minimum atomic E-state index is -4.75. The summed E-state index contributed by atoms with van der Waals surface area (Å²) in [6, 6.07) is 0.418. The van der Waals surface area contributed by atoms with Crippen molar-refractivity contribution in [3.8, 4) is 0 Å². The highest BCUT2D eigenvalue weighted by Gasteiger charge is 2.32. The Labute approximate surface area is 116 Å². The Kier molecular flexibility index (Phi) is 5.51. The first-order valence-corrected chi connectivity index (χ1v) is 5.67. The molecule has 0 bridgehead atoms. The number of halogens is 4. The van der Waals surface area contributed by atoms with Gasteiger partial charge in [-0.3, -0.25) is 4.79 Å². The molecule has 6 nitrogen and oxygen atoms in total. The van der Waals surface area contributed by atoms with Gasteiger partial charge in [-0.2, -0.15) is 13.2 Å². The number of carbonyl (C=O) groups is 1. The van der Waals surface area contributed by atoms with Gasteiger partial charge >= 0.3 is 6.18 Å². The van der Waals surface area contributed by atoms with Gasteiger partial charge in [0.2, 0.25) is 5.91 Å². The zero-order valence-electron chi connectivity index (χ0n) is 10.6. The van der Waals surface area contributed by atoms with E-state index in [1.54, 1.807) is 0 Å². The van der Waals surface area contributed by atoms with E-state index in [-0.39, 0.29) is 18.7 Å². The van der Waals surface area contributed by atoms with Crippen LogP contribution in [0, 0.1) is 5.82 Å². The van der Waals surface area contributed by atoms with Crippen LogP contribution in [0.4, 0.5) is 17.6 Å². The lowest BCUT2D eigenvalue weighted by atomic mass is 10.0. The van der Waals surface area contributed by atoms with Crippen molar-refractivity contribution in [3.05, 3.63) is 45.6 Å². The number of benzene rings is 1. The average molecular weight is 305 g/mol. The standard InChI is InChI=1S/C11H11F4N5O/c12-8-4-6(3-7(5-8)11(13,14)15)9(10(16)21)18-1-2-19-20-17/h3-5,9,18H,1-2H2,(H2,16,21). The number of nitrogens with one attached hydrogen (secondary N) is 1. The fraction of sp³-hybridized carbons (Fsp3) is 0.364. The Morgan fingerprint density at radius 1 is 1.43 bits per heavy atom. The number of carbonyl (C=O) groups excluding carboxylic acids is 1. The molecular formula is C11H11F4N5O. The Bertz CT molecular complexity index is 568. The minimum Gasteiger partial charge on any atom is -0.368 e. The van der Waals surface area contributed by atoms with Gasteiger partial charge in [0, 0.05) is 18.0 Å². The molecule has 114 valence electrons. The number of amides is 1. The van der Waals surface area contributed by atoms with Crippen molar-refractivity contribution < 1.29 is 22.4 Å². The number of azide groups is 1. The maximum atomic E-state index is 13.3. The molecule has 10 heteroatoms. The van der Waals surface area contributed by atoms with Crippen molar-refractivity contribution in [2.24, 2.45) is 10.8 Å². The Morgan fingerprint density at radius 2 is 2.10 bits per heavy atom. The Hall–Kier alpha value is -2.32. The summed E-state index contributed by atoms with van der Waals surface area (Å²) in [6.45, 7) is -0.0444. The van der Waals surface area contributed by atoms with Crippen LogP contribution in [0.1, 0.15) is 17.2 Å². The topological polar surface area (TPSA) is 104 Å². The van der Waals surface area contributed by atoms with E-state index in [4.69, 9.17) is 11.3 Å². The molecule has 3 N–H and O–H groups in total. The second-order valence-electron chi connectivity index (χ2n) is 4.01. The average Bonchev–Trinajstić information content (AvgIpc) is 2.36. The number of nitrogens with zero attached hydrogens (tertiary/aromatic N) is 3. The van der Waals surface area contributed by atoms with Gasteiger partial charge in [-0.25, -0.2) is 4.39 Å². The molecule has 1 atom stereocenters. The van der Waals surface area contributed by atoms with Crippen LogP contribution in [0.2, 0.25) is 0 Å². The van der Waals surface area contributed by atoms with E-state index in [9.17, 15) is 22.4 Å². The predicted molar refractivity (Wildman–Crippen MR) is 65.4 cm³/mol. The van der Waals surface area contributed by atoms with E-state index in [2.05, 4.69) is 15.3 Å². The van der Waals surface area contributed by atoms with Gasteiger partial charge in [-0.15, -0.1) is 0 Å². The van der Waals surface area contributed by atoms with Crippen LogP contribution in [-0.2, 0) is 11.0 Å². The molecule has 0 spiro atoms. The summed E-state index contributed by atoms with van der Waals surface area (Å²) in [6.07, 6.45) is -4.75. The molecule has 1 unspecified atom stereocenters. The first kappa shape index (κ1) is 16.7. The predicted octanol–water partition coefficient (Wildman–Crippen LogP) is 2.27. The van der Waals surface area contributed by atoms with Crippen LogP contribution >= 0.6 is 0 Å². The van der Waals surface area contributed by atoms with Crippen LogP contribution in [-0.4, -0.2) is 19.0 Å². The van der Waals surface area contributed by atoms with Gasteiger partial charge in [0.1, 0.15) is 11.9 Å². The number of rotatable bonds is 6. The fourth-order valence-electron chi connectivity index (χ4n) is 1.63. The van der Waals surface area contributed by atoms with Crippen LogP contribution in [0.5, 0.6) is 0 Å². The summed E-state index contributed by atoms with van der Waals surface area (Å²) in [5.74, 6) is -2.11. The molecule has 0 aliphatic carbocycles. The third kappa shape index (κ3) is 4.93. The Morgan fingerprint density at radius 3 is 2.62 bits per heavy atom. The van der Waals surface area contributed by atoms with E-state index in [0.29, 0.717) is 12.1 Å². The lowest BCUT2D eigenvalue weighted by Crippen LogP contribution is -2.35. The van der Waals surface area contributed by atoms with E-state index < -0.39 is 29.5 Å². The van der Waals surface area contributed by atoms with Crippen LogP contribution in [0.25, 0.3) is 10.4 Å². The molecule has 0 aromatic heterocycles. The number of hydrogen-bond donors (Lipinski definition) is 2. The second-order valence-corrected chi connectivity index (χ2v) is 4.01. The first-order chi connectivity index (χ1) is 9.75. The van der Waals surface area contributed by atoms with Gasteiger partial charge < -0.3 is 11.1 Å². The van der Waals surface area contributed by atoms with Gasteiger partial charge in [0.05, 0.1) is 5.56 Å². The van der Waals surface area contributed by atoms with Crippen molar-refractivity contribution in [1.29, 1.82) is 0 Å². The highest BCUT2D eigenvalue weighted by molar-refractivity contribution is 5.81. The molecule has 1 amide bonds. The highest BCUT2D eigenvalue weighted by Crippen LogP contribution is 2.31. The summed E-state index contributed by atoms with van der Waals surface area (Å²) in [5, 5.41) is 5.69. The smallest absolute Gasteiger partial charge is 0.368 e. The number of hydrogen-bond acceptors (Lipinski definition) is 3. The van der Waals surface area contributed by atoms with E-state index in [1.807, 2.05) is 0 Å². The van der Waals surface area contributed by atoms with Crippen LogP contribution in [0.3, 0.4) is 0 Å². The Balaban J connectivity index is 3.05. The fourth-order valence-corrected chi connectivity index (χ4v) is 1.63.